The Morgan fingerprint density at radius 3 is 2.31 bits per heavy atom. The van der Waals surface area contributed by atoms with Gasteiger partial charge in [0, 0.05) is 31.7 Å². The molecule has 0 unspecified atom stereocenters. The summed E-state index contributed by atoms with van der Waals surface area (Å²) < 4.78 is 0. The second-order valence-corrected chi connectivity index (χ2v) is 3.92. The minimum absolute atomic E-state index is 0.101. The molecular weight excluding hydrogens is 220 g/mol. The van der Waals surface area contributed by atoms with E-state index in [1.54, 1.807) is 0 Å². The number of piperazine rings is 1. The van der Waals surface area contributed by atoms with Crippen LogP contribution in [0.1, 0.15) is 10.4 Å². The van der Waals surface area contributed by atoms with Gasteiger partial charge in [0.05, 0.1) is 0 Å². The number of carbonyl (C=O) groups is 1. The Morgan fingerprint density at radius 1 is 1.12 bits per heavy atom. The molecule has 0 aliphatic carbocycles. The molecule has 0 spiro atoms. The lowest BCUT2D eigenvalue weighted by molar-refractivity contribution is 0.0696. The third kappa shape index (κ3) is 2.39. The van der Waals surface area contributed by atoms with Gasteiger partial charge in [-0.1, -0.05) is 30.4 Å². The second kappa shape index (κ2) is 5.07. The van der Waals surface area contributed by atoms with Crippen molar-refractivity contribution in [3.63, 3.8) is 0 Å². The first-order valence-corrected chi connectivity index (χ1v) is 5.69. The third-order valence-electron chi connectivity index (χ3n) is 2.72. The first-order chi connectivity index (χ1) is 7.81. The van der Waals surface area contributed by atoms with Crippen molar-refractivity contribution in [1.29, 1.82) is 0 Å². The normalized spacial score (nSPS) is 16.0. The Hall–Kier alpha value is -1.42. The highest BCUT2D eigenvalue weighted by atomic mass is 32.1. The Kier molecular flexibility index (Phi) is 3.51. The van der Waals surface area contributed by atoms with E-state index >= 15 is 0 Å². The first-order valence-electron chi connectivity index (χ1n) is 5.28. The number of thiocarbonyl (C=S) groups is 1. The molecule has 0 atom stereocenters. The lowest BCUT2D eigenvalue weighted by Crippen LogP contribution is -2.47. The Morgan fingerprint density at radius 2 is 1.75 bits per heavy atom. The van der Waals surface area contributed by atoms with Crippen LogP contribution < -0.4 is 0 Å². The Balaban J connectivity index is 1.99. The van der Waals surface area contributed by atoms with Crippen LogP contribution in [0, 0.1) is 0 Å². The zero-order valence-corrected chi connectivity index (χ0v) is 9.74. The average molecular weight is 233 g/mol. The largest absolute Gasteiger partial charge is 0.357 e. The lowest BCUT2D eigenvalue weighted by atomic mass is 10.2. The van der Waals surface area contributed by atoms with E-state index in [2.05, 4.69) is 5.49 Å². The predicted molar refractivity (Wildman–Crippen MR) is 66.5 cm³/mol. The van der Waals surface area contributed by atoms with Crippen molar-refractivity contribution in [2.45, 2.75) is 0 Å². The molecule has 1 radical (unpaired) electrons. The number of rotatable bonds is 2. The molecule has 0 aromatic heterocycles. The fraction of sp³-hybridized carbons (Fsp3) is 0.333. The van der Waals surface area contributed by atoms with Gasteiger partial charge in [-0.3, -0.25) is 4.79 Å². The molecule has 1 aliphatic rings. The molecule has 1 aliphatic heterocycles. The van der Waals surface area contributed by atoms with Gasteiger partial charge in [-0.2, -0.15) is 0 Å². The average Bonchev–Trinajstić information content (AvgIpc) is 2.39. The van der Waals surface area contributed by atoms with Gasteiger partial charge in [0.1, 0.15) is 5.49 Å². The molecule has 83 valence electrons. The molecule has 0 N–H and O–H groups in total. The molecule has 3 nitrogen and oxygen atoms in total. The van der Waals surface area contributed by atoms with Crippen molar-refractivity contribution in [2.75, 3.05) is 26.2 Å². The topological polar surface area (TPSA) is 23.6 Å². The van der Waals surface area contributed by atoms with Crippen LogP contribution >= 0.6 is 12.2 Å². The van der Waals surface area contributed by atoms with Crippen LogP contribution in [0.2, 0.25) is 0 Å². The standard InChI is InChI=1S/C12H13N2OS/c15-12(11-4-2-1-3-5-11)14-8-6-13(10-16)7-9-14/h1-5H,6-9H2. The highest BCUT2D eigenvalue weighted by Gasteiger charge is 2.20. The molecule has 1 fully saturated rings. The fourth-order valence-corrected chi connectivity index (χ4v) is 1.95. The van der Waals surface area contributed by atoms with E-state index in [-0.39, 0.29) is 5.91 Å². The molecule has 1 saturated heterocycles. The summed E-state index contributed by atoms with van der Waals surface area (Å²) in [6, 6.07) is 9.37. The molecule has 1 amide bonds. The summed E-state index contributed by atoms with van der Waals surface area (Å²) >= 11 is 4.74. The second-order valence-electron chi connectivity index (χ2n) is 3.74. The zero-order chi connectivity index (χ0) is 11.4. The fourth-order valence-electron chi connectivity index (χ4n) is 1.76. The van der Waals surface area contributed by atoms with E-state index < -0.39 is 0 Å². The van der Waals surface area contributed by atoms with Crippen molar-refractivity contribution in [3.8, 4) is 0 Å². The van der Waals surface area contributed by atoms with Crippen LogP contribution in [-0.4, -0.2) is 47.4 Å². The summed E-state index contributed by atoms with van der Waals surface area (Å²) in [7, 11) is 0. The predicted octanol–water partition coefficient (Wildman–Crippen LogP) is 1.28. The molecule has 1 aromatic carbocycles. The molecule has 16 heavy (non-hydrogen) atoms. The molecule has 0 saturated carbocycles. The smallest absolute Gasteiger partial charge is 0.253 e. The number of hydrogen-bond acceptors (Lipinski definition) is 2. The molecule has 1 heterocycles. The quantitative estimate of drug-likeness (QED) is 0.719. The summed E-state index contributed by atoms with van der Waals surface area (Å²) in [6.07, 6.45) is 0. The van der Waals surface area contributed by atoms with E-state index in [1.165, 1.54) is 0 Å². The summed E-state index contributed by atoms with van der Waals surface area (Å²) in [5, 5.41) is 0. The van der Waals surface area contributed by atoms with Crippen LogP contribution in [-0.2, 0) is 0 Å². The molecule has 0 bridgehead atoms. The molecule has 1 aromatic rings. The van der Waals surface area contributed by atoms with E-state index in [1.807, 2.05) is 40.1 Å². The van der Waals surface area contributed by atoms with Gasteiger partial charge in [-0.15, -0.1) is 0 Å². The SMILES string of the molecule is O=C(c1ccccc1)N1CCN([C]=S)CC1. The number of benzene rings is 1. The number of amides is 1. The maximum absolute atomic E-state index is 12.1. The third-order valence-corrected chi connectivity index (χ3v) is 2.97. The highest BCUT2D eigenvalue weighted by molar-refractivity contribution is 7.78. The summed E-state index contributed by atoms with van der Waals surface area (Å²) in [5.74, 6) is 0.101. The number of nitrogens with zero attached hydrogens (tertiary/aromatic N) is 2. The van der Waals surface area contributed by atoms with Gasteiger partial charge < -0.3 is 9.80 Å². The van der Waals surface area contributed by atoms with Crippen LogP contribution in [0.15, 0.2) is 30.3 Å². The Bertz CT molecular complexity index is 372. The van der Waals surface area contributed by atoms with Gasteiger partial charge in [-0.25, -0.2) is 0 Å². The lowest BCUT2D eigenvalue weighted by Gasteiger charge is -2.33. The van der Waals surface area contributed by atoms with Crippen LogP contribution in [0.25, 0.3) is 0 Å². The summed E-state index contributed by atoms with van der Waals surface area (Å²) in [4.78, 5) is 15.8. The minimum Gasteiger partial charge on any atom is -0.357 e. The van der Waals surface area contributed by atoms with Crippen molar-refractivity contribution in [1.82, 2.24) is 9.80 Å². The van der Waals surface area contributed by atoms with E-state index in [0.717, 1.165) is 31.7 Å². The summed E-state index contributed by atoms with van der Waals surface area (Å²) in [6.45, 7) is 3.00. The molecule has 2 rings (SSSR count). The number of hydrogen-bond donors (Lipinski definition) is 0. The zero-order valence-electron chi connectivity index (χ0n) is 8.93. The molecule has 4 heteroatoms. The molecular formula is C12H13N2OS. The van der Waals surface area contributed by atoms with Crippen molar-refractivity contribution >= 4 is 23.6 Å². The van der Waals surface area contributed by atoms with Crippen molar-refractivity contribution in [2.24, 2.45) is 0 Å². The van der Waals surface area contributed by atoms with Crippen molar-refractivity contribution in [3.05, 3.63) is 35.9 Å². The monoisotopic (exact) mass is 233 g/mol. The Labute approximate surface area is 101 Å². The van der Waals surface area contributed by atoms with Crippen LogP contribution in [0.5, 0.6) is 0 Å². The van der Waals surface area contributed by atoms with Crippen LogP contribution in [0.4, 0.5) is 0 Å². The van der Waals surface area contributed by atoms with E-state index in [4.69, 9.17) is 12.2 Å². The van der Waals surface area contributed by atoms with Gasteiger partial charge in [-0.05, 0) is 12.1 Å². The number of carbonyl (C=O) groups excluding carboxylic acids is 1. The van der Waals surface area contributed by atoms with Gasteiger partial charge in [0.15, 0.2) is 0 Å². The van der Waals surface area contributed by atoms with E-state index in [9.17, 15) is 4.79 Å². The van der Waals surface area contributed by atoms with E-state index in [0.29, 0.717) is 0 Å². The summed E-state index contributed by atoms with van der Waals surface area (Å²) in [5.41, 5.74) is 3.43. The van der Waals surface area contributed by atoms with Gasteiger partial charge in [0.25, 0.3) is 5.91 Å². The van der Waals surface area contributed by atoms with Gasteiger partial charge >= 0.3 is 0 Å². The maximum atomic E-state index is 12.1. The minimum atomic E-state index is 0.101. The first kappa shape index (κ1) is 11.1. The van der Waals surface area contributed by atoms with Gasteiger partial charge in [0.2, 0.25) is 0 Å². The highest BCUT2D eigenvalue weighted by Crippen LogP contribution is 2.07. The maximum Gasteiger partial charge on any atom is 0.253 e. The van der Waals surface area contributed by atoms with Crippen molar-refractivity contribution < 1.29 is 4.79 Å². The van der Waals surface area contributed by atoms with Crippen LogP contribution in [0.3, 0.4) is 0 Å².